The van der Waals surface area contributed by atoms with Gasteiger partial charge in [0.05, 0.1) is 0 Å². The fraction of sp³-hybridized carbons (Fsp3) is 0.533. The minimum Gasteiger partial charge on any atom is -0.297 e. The van der Waals surface area contributed by atoms with E-state index in [1.54, 1.807) is 6.20 Å². The zero-order chi connectivity index (χ0) is 14.1. The molecule has 1 saturated carbocycles. The van der Waals surface area contributed by atoms with Crippen molar-refractivity contribution in [1.82, 2.24) is 19.7 Å². The highest BCUT2D eigenvalue weighted by molar-refractivity contribution is 7.71. The first-order valence-electron chi connectivity index (χ1n) is 7.24. The Morgan fingerprint density at radius 1 is 1.35 bits per heavy atom. The maximum atomic E-state index is 5.46. The number of aromatic amines is 1. The molecular formula is C15H20N4S. The normalized spacial score (nSPS) is 26.6. The fourth-order valence-electron chi connectivity index (χ4n) is 3.34. The molecule has 0 aliphatic heterocycles. The maximum Gasteiger partial charge on any atom is 0.195 e. The lowest BCUT2D eigenvalue weighted by atomic mass is 9.79. The number of nitrogens with zero attached hydrogens (tertiary/aromatic N) is 3. The summed E-state index contributed by atoms with van der Waals surface area (Å²) >= 11 is 5.46. The number of aromatic nitrogens is 4. The average Bonchev–Trinajstić information content (AvgIpc) is 2.82. The summed E-state index contributed by atoms with van der Waals surface area (Å²) in [4.78, 5) is 4.19. The first-order valence-corrected chi connectivity index (χ1v) is 7.65. The molecule has 0 amide bonds. The second-order valence-electron chi connectivity index (χ2n) is 5.93. The predicted octanol–water partition coefficient (Wildman–Crippen LogP) is 4.00. The highest BCUT2D eigenvalue weighted by Crippen LogP contribution is 2.38. The summed E-state index contributed by atoms with van der Waals surface area (Å²) in [6.07, 6.45) is 7.31. The molecule has 1 N–H and O–H groups in total. The lowest BCUT2D eigenvalue weighted by Crippen LogP contribution is -2.25. The monoisotopic (exact) mass is 288 g/mol. The third-order valence-corrected chi connectivity index (χ3v) is 4.63. The Kier molecular flexibility index (Phi) is 3.70. The SMILES string of the molecule is CC1CCC(n2c(-c3cccnc3)n[nH]c2=S)C(C)C1. The molecule has 2 heterocycles. The van der Waals surface area contributed by atoms with E-state index in [0.717, 1.165) is 22.1 Å². The van der Waals surface area contributed by atoms with Crippen molar-refractivity contribution < 1.29 is 0 Å². The number of H-pyrrole nitrogens is 1. The van der Waals surface area contributed by atoms with Gasteiger partial charge in [-0.3, -0.25) is 14.6 Å². The number of pyridine rings is 1. The van der Waals surface area contributed by atoms with Crippen molar-refractivity contribution in [2.75, 3.05) is 0 Å². The molecule has 3 unspecified atom stereocenters. The summed E-state index contributed by atoms with van der Waals surface area (Å²) in [5.41, 5.74) is 1.02. The molecule has 1 aliphatic carbocycles. The van der Waals surface area contributed by atoms with E-state index in [0.29, 0.717) is 12.0 Å². The van der Waals surface area contributed by atoms with Crippen molar-refractivity contribution in [3.05, 3.63) is 29.3 Å². The average molecular weight is 288 g/mol. The highest BCUT2D eigenvalue weighted by atomic mass is 32.1. The van der Waals surface area contributed by atoms with Crippen molar-refractivity contribution >= 4 is 12.2 Å². The Hall–Kier alpha value is -1.49. The van der Waals surface area contributed by atoms with E-state index in [9.17, 15) is 0 Å². The molecule has 5 heteroatoms. The standard InChI is InChI=1S/C15H20N4S/c1-10-5-6-13(11(2)8-10)19-14(17-18-15(19)20)12-4-3-7-16-9-12/h3-4,7,9-11,13H,5-6,8H2,1-2H3,(H,18,20). The summed E-state index contributed by atoms with van der Waals surface area (Å²) in [7, 11) is 0. The van der Waals surface area contributed by atoms with Gasteiger partial charge in [0.15, 0.2) is 10.6 Å². The first kappa shape index (κ1) is 13.5. The largest absolute Gasteiger partial charge is 0.297 e. The Bertz CT molecular complexity index is 631. The summed E-state index contributed by atoms with van der Waals surface area (Å²) in [5, 5.41) is 7.37. The van der Waals surface area contributed by atoms with Crippen molar-refractivity contribution in [3.8, 4) is 11.4 Å². The molecule has 1 fully saturated rings. The summed E-state index contributed by atoms with van der Waals surface area (Å²) in [6, 6.07) is 4.40. The van der Waals surface area contributed by atoms with Crippen LogP contribution in [0.5, 0.6) is 0 Å². The van der Waals surface area contributed by atoms with Gasteiger partial charge >= 0.3 is 0 Å². The van der Waals surface area contributed by atoms with Gasteiger partial charge in [-0.15, -0.1) is 0 Å². The van der Waals surface area contributed by atoms with E-state index < -0.39 is 0 Å². The number of rotatable bonds is 2. The van der Waals surface area contributed by atoms with Gasteiger partial charge in [-0.2, -0.15) is 5.10 Å². The van der Waals surface area contributed by atoms with E-state index in [1.165, 1.54) is 19.3 Å². The van der Waals surface area contributed by atoms with Gasteiger partial charge in [0.1, 0.15) is 0 Å². The summed E-state index contributed by atoms with van der Waals surface area (Å²) < 4.78 is 2.92. The number of hydrogen-bond acceptors (Lipinski definition) is 3. The number of hydrogen-bond donors (Lipinski definition) is 1. The van der Waals surface area contributed by atoms with Crippen molar-refractivity contribution in [1.29, 1.82) is 0 Å². The second kappa shape index (κ2) is 5.48. The Labute approximate surface area is 124 Å². The van der Waals surface area contributed by atoms with Crippen LogP contribution in [0.25, 0.3) is 11.4 Å². The molecule has 0 spiro atoms. The highest BCUT2D eigenvalue weighted by Gasteiger charge is 2.29. The third-order valence-electron chi connectivity index (χ3n) is 4.34. The van der Waals surface area contributed by atoms with E-state index in [2.05, 4.69) is 33.6 Å². The zero-order valence-electron chi connectivity index (χ0n) is 11.9. The third kappa shape index (κ3) is 2.42. The lowest BCUT2D eigenvalue weighted by Gasteiger charge is -2.33. The number of nitrogens with one attached hydrogen (secondary N) is 1. The van der Waals surface area contributed by atoms with Gasteiger partial charge in [-0.1, -0.05) is 13.8 Å². The molecule has 3 rings (SSSR count). The van der Waals surface area contributed by atoms with Crippen LogP contribution in [-0.2, 0) is 0 Å². The topological polar surface area (TPSA) is 46.5 Å². The predicted molar refractivity (Wildman–Crippen MR) is 81.9 cm³/mol. The molecular weight excluding hydrogens is 268 g/mol. The van der Waals surface area contributed by atoms with Crippen LogP contribution in [0.15, 0.2) is 24.5 Å². The maximum absolute atomic E-state index is 5.46. The molecule has 3 atom stereocenters. The minimum atomic E-state index is 0.438. The van der Waals surface area contributed by atoms with Crippen molar-refractivity contribution in [2.24, 2.45) is 11.8 Å². The summed E-state index contributed by atoms with van der Waals surface area (Å²) in [5.74, 6) is 2.34. The first-order chi connectivity index (χ1) is 9.66. The smallest absolute Gasteiger partial charge is 0.195 e. The van der Waals surface area contributed by atoms with Crippen molar-refractivity contribution in [3.63, 3.8) is 0 Å². The second-order valence-corrected chi connectivity index (χ2v) is 6.31. The molecule has 20 heavy (non-hydrogen) atoms. The summed E-state index contributed by atoms with van der Waals surface area (Å²) in [6.45, 7) is 4.66. The molecule has 0 bridgehead atoms. The lowest BCUT2D eigenvalue weighted by molar-refractivity contribution is 0.207. The quantitative estimate of drug-likeness (QED) is 0.850. The fourth-order valence-corrected chi connectivity index (χ4v) is 3.61. The van der Waals surface area contributed by atoms with Gasteiger partial charge in [-0.25, -0.2) is 0 Å². The zero-order valence-corrected chi connectivity index (χ0v) is 12.7. The molecule has 106 valence electrons. The molecule has 1 aliphatic rings. The van der Waals surface area contributed by atoms with Gasteiger partial charge in [0, 0.05) is 24.0 Å². The van der Waals surface area contributed by atoms with E-state index >= 15 is 0 Å². The van der Waals surface area contributed by atoms with Crippen LogP contribution in [0.3, 0.4) is 0 Å². The Balaban J connectivity index is 2.02. The van der Waals surface area contributed by atoms with E-state index in [-0.39, 0.29) is 0 Å². The van der Waals surface area contributed by atoms with Crippen molar-refractivity contribution in [2.45, 2.75) is 39.2 Å². The van der Waals surface area contributed by atoms with Gasteiger partial charge in [0.25, 0.3) is 0 Å². The molecule has 2 aromatic rings. The van der Waals surface area contributed by atoms with Crippen LogP contribution >= 0.6 is 12.2 Å². The van der Waals surface area contributed by atoms with E-state index in [1.807, 2.05) is 18.3 Å². The molecule has 4 nitrogen and oxygen atoms in total. The van der Waals surface area contributed by atoms with Crippen LogP contribution in [0.1, 0.15) is 39.2 Å². The van der Waals surface area contributed by atoms with E-state index in [4.69, 9.17) is 12.2 Å². The van der Waals surface area contributed by atoms with Crippen LogP contribution in [0.2, 0.25) is 0 Å². The van der Waals surface area contributed by atoms with Gasteiger partial charge in [-0.05, 0) is 55.4 Å². The van der Waals surface area contributed by atoms with Gasteiger partial charge < -0.3 is 0 Å². The van der Waals surface area contributed by atoms with Gasteiger partial charge in [0.2, 0.25) is 0 Å². The molecule has 0 aromatic carbocycles. The van der Waals surface area contributed by atoms with Crippen LogP contribution in [0.4, 0.5) is 0 Å². The molecule has 0 radical (unpaired) electrons. The molecule has 2 aromatic heterocycles. The molecule has 0 saturated heterocycles. The Morgan fingerprint density at radius 2 is 2.20 bits per heavy atom. The minimum absolute atomic E-state index is 0.438. The van der Waals surface area contributed by atoms with Crippen LogP contribution in [0, 0.1) is 16.6 Å². The van der Waals surface area contributed by atoms with Crippen LogP contribution < -0.4 is 0 Å². The Morgan fingerprint density at radius 3 is 2.90 bits per heavy atom. The van der Waals surface area contributed by atoms with Crippen LogP contribution in [-0.4, -0.2) is 19.7 Å².